The molecule has 4 heteroatoms. The van der Waals surface area contributed by atoms with Crippen LogP contribution in [0.25, 0.3) is 11.1 Å². The average molecular weight is 367 g/mol. The summed E-state index contributed by atoms with van der Waals surface area (Å²) in [5, 5.41) is 0. The smallest absolute Gasteiger partial charge is 0.189 e. The highest BCUT2D eigenvalue weighted by Gasteiger charge is 2.41. The van der Waals surface area contributed by atoms with Crippen LogP contribution in [0.1, 0.15) is 44.6 Å². The van der Waals surface area contributed by atoms with Crippen LogP contribution < -0.4 is 10.5 Å². The summed E-state index contributed by atoms with van der Waals surface area (Å²) in [6, 6.07) is 16.6. The Balaban J connectivity index is 2.08. The molecule has 2 aromatic carbocycles. The van der Waals surface area contributed by atoms with Crippen molar-refractivity contribution in [1.29, 1.82) is 0 Å². The molecule has 1 fully saturated rings. The Morgan fingerprint density at radius 2 is 1.67 bits per heavy atom. The minimum absolute atomic E-state index is 0.329. The van der Waals surface area contributed by atoms with Gasteiger partial charge in [-0.3, -0.25) is 0 Å². The van der Waals surface area contributed by atoms with Crippen molar-refractivity contribution in [2.45, 2.75) is 44.8 Å². The largest absolute Gasteiger partial charge is 0.497 e. The van der Waals surface area contributed by atoms with Crippen LogP contribution >= 0.6 is 0 Å². The van der Waals surface area contributed by atoms with Crippen LogP contribution in [-0.2, 0) is 10.5 Å². The molecule has 2 aromatic rings. The lowest BCUT2D eigenvalue weighted by atomic mass is 9.78. The zero-order chi connectivity index (χ0) is 19.3. The Kier molecular flexibility index (Phi) is 6.17. The second-order valence-electron chi connectivity index (χ2n) is 7.30. The molecule has 0 aromatic heterocycles. The molecule has 0 amide bonds. The second-order valence-corrected chi connectivity index (χ2v) is 7.30. The lowest BCUT2D eigenvalue weighted by molar-refractivity contribution is -0.0691. The van der Waals surface area contributed by atoms with Crippen LogP contribution in [0.4, 0.5) is 0 Å². The number of rotatable bonds is 6. The highest BCUT2D eigenvalue weighted by Crippen LogP contribution is 2.44. The number of methoxy groups -OCH3 is 2. The summed E-state index contributed by atoms with van der Waals surface area (Å²) in [6.07, 6.45) is 5.92. The molecule has 1 aliphatic rings. The van der Waals surface area contributed by atoms with E-state index >= 15 is 0 Å². The Labute approximate surface area is 162 Å². The predicted octanol–water partition coefficient (Wildman–Crippen LogP) is 5.12. The molecule has 0 heterocycles. The van der Waals surface area contributed by atoms with Crippen LogP contribution in [0.2, 0.25) is 0 Å². The third-order valence-electron chi connectivity index (χ3n) is 5.49. The molecule has 0 radical (unpaired) electrons. The fraction of sp³-hybridized carbons (Fsp3) is 0.435. The first kappa shape index (κ1) is 19.4. The molecule has 1 atom stereocenters. The number of nitrogens with zero attached hydrogens (tertiary/aromatic N) is 1. The van der Waals surface area contributed by atoms with E-state index < -0.39 is 5.72 Å². The maximum absolute atomic E-state index is 6.12. The van der Waals surface area contributed by atoms with Gasteiger partial charge in [0.25, 0.3) is 0 Å². The number of hydrogen-bond acceptors (Lipinski definition) is 3. The summed E-state index contributed by atoms with van der Waals surface area (Å²) in [5.74, 6) is 1.73. The maximum atomic E-state index is 6.12. The van der Waals surface area contributed by atoms with Crippen molar-refractivity contribution in [2.75, 3.05) is 14.2 Å². The zero-order valence-corrected chi connectivity index (χ0v) is 16.6. The van der Waals surface area contributed by atoms with Crippen molar-refractivity contribution in [1.82, 2.24) is 0 Å². The molecule has 1 saturated carbocycles. The standard InChI is InChI=1S/C23H30N2O2/c1-17(24)25-23(27-3,20-11-5-4-6-12-20)21-13-7-9-18(15-21)19-10-8-14-22(16-19)26-2/h7-10,13-16,20H,4-6,11-12H2,1-3H3,(H2,24,25). The minimum atomic E-state index is -0.728. The fourth-order valence-electron chi connectivity index (χ4n) is 4.20. The summed E-state index contributed by atoms with van der Waals surface area (Å²) in [5.41, 5.74) is 8.60. The summed E-state index contributed by atoms with van der Waals surface area (Å²) in [6.45, 7) is 1.84. The van der Waals surface area contributed by atoms with Crippen LogP contribution in [0.5, 0.6) is 5.75 Å². The van der Waals surface area contributed by atoms with Gasteiger partial charge in [-0.2, -0.15) is 0 Å². The van der Waals surface area contributed by atoms with Crippen LogP contribution in [0, 0.1) is 5.92 Å². The number of benzene rings is 2. The topological polar surface area (TPSA) is 56.8 Å². The fourth-order valence-corrected chi connectivity index (χ4v) is 4.20. The zero-order valence-electron chi connectivity index (χ0n) is 16.6. The van der Waals surface area contributed by atoms with Crippen molar-refractivity contribution in [2.24, 2.45) is 16.6 Å². The van der Waals surface area contributed by atoms with Gasteiger partial charge in [0, 0.05) is 18.6 Å². The molecule has 144 valence electrons. The molecule has 0 aliphatic heterocycles. The first-order chi connectivity index (χ1) is 13.1. The summed E-state index contributed by atoms with van der Waals surface area (Å²) < 4.78 is 11.5. The number of amidine groups is 1. The lowest BCUT2D eigenvalue weighted by Crippen LogP contribution is -2.38. The van der Waals surface area contributed by atoms with Crippen LogP contribution in [0.15, 0.2) is 53.5 Å². The third kappa shape index (κ3) is 4.16. The quantitative estimate of drug-likeness (QED) is 0.570. The van der Waals surface area contributed by atoms with E-state index in [9.17, 15) is 0 Å². The highest BCUT2D eigenvalue weighted by molar-refractivity contribution is 5.78. The molecule has 1 unspecified atom stereocenters. The number of aliphatic imine (C=N–C) groups is 1. The van der Waals surface area contributed by atoms with Gasteiger partial charge in [-0.25, -0.2) is 4.99 Å². The van der Waals surface area contributed by atoms with E-state index in [0.717, 1.165) is 35.3 Å². The SMILES string of the molecule is COc1cccc(-c2cccc(C(/N=C(\C)N)(OC)C3CCCCC3)c2)c1. The molecule has 0 bridgehead atoms. The van der Waals surface area contributed by atoms with Crippen LogP contribution in [-0.4, -0.2) is 20.1 Å². The first-order valence-corrected chi connectivity index (χ1v) is 9.71. The van der Waals surface area contributed by atoms with Gasteiger partial charge in [0.05, 0.1) is 12.9 Å². The van der Waals surface area contributed by atoms with Crippen molar-refractivity contribution in [3.05, 3.63) is 54.1 Å². The van der Waals surface area contributed by atoms with Crippen molar-refractivity contribution < 1.29 is 9.47 Å². The molecule has 2 N–H and O–H groups in total. The van der Waals surface area contributed by atoms with Crippen molar-refractivity contribution in [3.8, 4) is 16.9 Å². The number of nitrogens with two attached hydrogens (primary N) is 1. The maximum Gasteiger partial charge on any atom is 0.189 e. The molecule has 27 heavy (non-hydrogen) atoms. The van der Waals surface area contributed by atoms with E-state index in [4.69, 9.17) is 20.2 Å². The Morgan fingerprint density at radius 3 is 2.30 bits per heavy atom. The minimum Gasteiger partial charge on any atom is -0.497 e. The monoisotopic (exact) mass is 366 g/mol. The summed E-state index contributed by atoms with van der Waals surface area (Å²) in [4.78, 5) is 4.84. The first-order valence-electron chi connectivity index (χ1n) is 9.71. The van der Waals surface area contributed by atoms with E-state index in [-0.39, 0.29) is 0 Å². The van der Waals surface area contributed by atoms with E-state index in [1.807, 2.05) is 25.1 Å². The molecule has 0 spiro atoms. The Morgan fingerprint density at radius 1 is 1.00 bits per heavy atom. The molecule has 1 aliphatic carbocycles. The number of hydrogen-bond donors (Lipinski definition) is 1. The molecular formula is C23H30N2O2. The summed E-state index contributed by atoms with van der Waals surface area (Å²) >= 11 is 0. The molecule has 4 nitrogen and oxygen atoms in total. The Hall–Kier alpha value is -2.33. The van der Waals surface area contributed by atoms with E-state index in [0.29, 0.717) is 11.8 Å². The summed E-state index contributed by atoms with van der Waals surface area (Å²) in [7, 11) is 3.44. The van der Waals surface area contributed by atoms with Crippen LogP contribution in [0.3, 0.4) is 0 Å². The average Bonchev–Trinajstić information content (AvgIpc) is 2.72. The molecular weight excluding hydrogens is 336 g/mol. The van der Waals surface area contributed by atoms with E-state index in [2.05, 4.69) is 30.3 Å². The number of ether oxygens (including phenoxy) is 2. The van der Waals surface area contributed by atoms with E-state index in [1.165, 1.54) is 19.3 Å². The van der Waals surface area contributed by atoms with Gasteiger partial charge in [-0.15, -0.1) is 0 Å². The second kappa shape index (κ2) is 8.57. The van der Waals surface area contributed by atoms with Gasteiger partial charge >= 0.3 is 0 Å². The molecule has 3 rings (SSSR count). The normalized spacial score (nSPS) is 18.1. The van der Waals surface area contributed by atoms with Gasteiger partial charge in [-0.05, 0) is 49.1 Å². The van der Waals surface area contributed by atoms with Crippen molar-refractivity contribution in [3.63, 3.8) is 0 Å². The molecule has 0 saturated heterocycles. The van der Waals surface area contributed by atoms with Crippen molar-refractivity contribution >= 4 is 5.84 Å². The predicted molar refractivity (Wildman–Crippen MR) is 111 cm³/mol. The van der Waals surface area contributed by atoms with Gasteiger partial charge in [0.15, 0.2) is 5.72 Å². The van der Waals surface area contributed by atoms with Gasteiger partial charge in [0.1, 0.15) is 5.75 Å². The van der Waals surface area contributed by atoms with E-state index in [1.54, 1.807) is 14.2 Å². The third-order valence-corrected chi connectivity index (χ3v) is 5.49. The van der Waals surface area contributed by atoms with Gasteiger partial charge < -0.3 is 15.2 Å². The lowest BCUT2D eigenvalue weighted by Gasteiger charge is -2.39. The van der Waals surface area contributed by atoms with Gasteiger partial charge in [-0.1, -0.05) is 49.6 Å². The highest BCUT2D eigenvalue weighted by atomic mass is 16.5. The Bertz CT molecular complexity index is 792. The van der Waals surface area contributed by atoms with Gasteiger partial charge in [0.2, 0.25) is 0 Å².